The Labute approximate surface area is 25.8 Å². The van der Waals surface area contributed by atoms with E-state index in [9.17, 15) is 0 Å². The molecule has 0 heterocycles. The Hall–Kier alpha value is 0. The van der Waals surface area contributed by atoms with E-state index in [-0.39, 0.29) is 0 Å². The van der Waals surface area contributed by atoms with Gasteiger partial charge in [0.25, 0.3) is 0 Å². The van der Waals surface area contributed by atoms with Gasteiger partial charge in [-0.15, -0.1) is 0 Å². The average molecular weight is 53.1 g/mol. The van der Waals surface area contributed by atoms with Gasteiger partial charge in [-0.05, 0) is 24.7 Å². The van der Waals surface area contributed by atoms with Gasteiger partial charge in [-0.3, -0.25) is 0 Å². The summed E-state index contributed by atoms with van der Waals surface area (Å²) in [6.07, 6.45) is 3.92. The van der Waals surface area contributed by atoms with E-state index in [1.807, 2.05) is 0 Å². The number of hydrogen-bond donors (Lipinski definition) is 0. The van der Waals surface area contributed by atoms with Crippen LogP contribution in [0.3, 0.4) is 0 Å². The van der Waals surface area contributed by atoms with Gasteiger partial charge in [0.1, 0.15) is 0 Å². The van der Waals surface area contributed by atoms with Crippen molar-refractivity contribution in [3.05, 3.63) is 6.42 Å². The summed E-state index contributed by atoms with van der Waals surface area (Å²) in [5.41, 5.74) is 0. The topological polar surface area (TPSA) is 0 Å². The fraction of sp³-hybridized carbons (Fsp3) is 0.750. The molecule has 2 saturated carbocycles. The van der Waals surface area contributed by atoms with E-state index >= 15 is 0 Å². The van der Waals surface area contributed by atoms with Crippen LogP contribution in [0, 0.1) is 18.3 Å². The lowest BCUT2D eigenvalue weighted by Crippen LogP contribution is -1.49. The molecule has 0 saturated heterocycles. The molecule has 0 spiro atoms. The zero-order valence-corrected chi connectivity index (χ0v) is 2.44. The van der Waals surface area contributed by atoms with Gasteiger partial charge < -0.3 is 0 Å². The molecule has 0 aromatic carbocycles. The highest BCUT2D eigenvalue weighted by Crippen LogP contribution is 2.61. The Morgan fingerprint density at radius 3 is 1.75 bits per heavy atom. The number of fused-ring (bicyclic) bond motifs is 1. The molecule has 2 aliphatic rings. The Morgan fingerprint density at radius 1 is 1.50 bits per heavy atom. The fourth-order valence-corrected chi connectivity index (χ4v) is 0.450. The molecule has 21 valence electrons. The van der Waals surface area contributed by atoms with Crippen LogP contribution < -0.4 is 0 Å². The molecule has 2 rings (SSSR count). The third-order valence-electron chi connectivity index (χ3n) is 1.24. The van der Waals surface area contributed by atoms with Crippen molar-refractivity contribution < 1.29 is 0 Å². The largest absolute Gasteiger partial charge is 0.0465 e. The average Bonchev–Trinajstić information content (AvgIpc) is 1.36. The summed E-state index contributed by atoms with van der Waals surface area (Å²) in [4.78, 5) is 0. The predicted molar refractivity (Wildman–Crippen MR) is 15.9 cm³/mol. The summed E-state index contributed by atoms with van der Waals surface area (Å²) < 4.78 is 0. The third-order valence-corrected chi connectivity index (χ3v) is 1.24. The van der Waals surface area contributed by atoms with E-state index in [2.05, 4.69) is 6.42 Å². The zero-order valence-electron chi connectivity index (χ0n) is 2.44. The van der Waals surface area contributed by atoms with E-state index in [0.717, 1.165) is 11.8 Å². The Balaban J connectivity index is 2.48. The number of hydrogen-bond acceptors (Lipinski definition) is 0. The van der Waals surface area contributed by atoms with Gasteiger partial charge in [0.2, 0.25) is 0 Å². The van der Waals surface area contributed by atoms with Crippen LogP contribution in [-0.4, -0.2) is 0 Å². The Morgan fingerprint density at radius 2 is 1.75 bits per heavy atom. The molecule has 0 amide bonds. The van der Waals surface area contributed by atoms with Crippen LogP contribution >= 0.6 is 0 Å². The van der Waals surface area contributed by atoms with Crippen molar-refractivity contribution in [2.24, 2.45) is 11.8 Å². The highest BCUT2D eigenvalue weighted by molar-refractivity contribution is 5.20. The summed E-state index contributed by atoms with van der Waals surface area (Å²) in [5, 5.41) is 0. The molecular formula is C4H5. The first-order chi connectivity index (χ1) is 1.97. The van der Waals surface area contributed by atoms with E-state index in [1.165, 1.54) is 6.42 Å². The molecule has 0 aromatic rings. The first kappa shape index (κ1) is 1.44. The highest BCUT2D eigenvalue weighted by atomic mass is 14.6. The lowest BCUT2D eigenvalue weighted by Gasteiger charge is -1.60. The highest BCUT2D eigenvalue weighted by Gasteiger charge is 2.53. The van der Waals surface area contributed by atoms with Crippen LogP contribution in [0.2, 0.25) is 0 Å². The van der Waals surface area contributed by atoms with Crippen LogP contribution in [0.15, 0.2) is 0 Å². The molecule has 0 aromatic heterocycles. The minimum Gasteiger partial charge on any atom is -0.0465 e. The molecule has 2 unspecified atom stereocenters. The standard InChI is InChI=1S/C4H5/c1-3-2-4(1)3/h1,3-4H,2H2. The van der Waals surface area contributed by atoms with Gasteiger partial charge in [-0.2, -0.15) is 0 Å². The van der Waals surface area contributed by atoms with Crippen molar-refractivity contribution in [1.82, 2.24) is 0 Å². The minimum absolute atomic E-state index is 1.12. The van der Waals surface area contributed by atoms with Gasteiger partial charge in [0.15, 0.2) is 0 Å². The molecule has 2 fully saturated rings. The third kappa shape index (κ3) is 0.0312. The van der Waals surface area contributed by atoms with Gasteiger partial charge in [-0.25, -0.2) is 0 Å². The van der Waals surface area contributed by atoms with Crippen LogP contribution in [-0.2, 0) is 0 Å². The summed E-state index contributed by atoms with van der Waals surface area (Å²) >= 11 is 0. The van der Waals surface area contributed by atoms with Crippen molar-refractivity contribution in [3.8, 4) is 0 Å². The van der Waals surface area contributed by atoms with Crippen molar-refractivity contribution >= 4 is 0 Å². The molecular weight excluding hydrogens is 48.0 g/mol. The van der Waals surface area contributed by atoms with Gasteiger partial charge in [0.05, 0.1) is 0 Å². The zero-order chi connectivity index (χ0) is 2.57. The van der Waals surface area contributed by atoms with Gasteiger partial charge in [0, 0.05) is 0 Å². The second kappa shape index (κ2) is 0.188. The second-order valence-corrected chi connectivity index (χ2v) is 1.76. The monoisotopic (exact) mass is 53.0 g/mol. The maximum absolute atomic E-state index is 2.39. The van der Waals surface area contributed by atoms with Crippen molar-refractivity contribution in [1.29, 1.82) is 0 Å². The lowest BCUT2D eigenvalue weighted by molar-refractivity contribution is 1.09. The molecule has 0 aliphatic heterocycles. The van der Waals surface area contributed by atoms with Gasteiger partial charge in [-0.1, -0.05) is 0 Å². The van der Waals surface area contributed by atoms with Crippen LogP contribution in [0.25, 0.3) is 0 Å². The van der Waals surface area contributed by atoms with E-state index in [1.54, 1.807) is 0 Å². The molecule has 0 bridgehead atoms. The van der Waals surface area contributed by atoms with Crippen LogP contribution in [0.4, 0.5) is 0 Å². The van der Waals surface area contributed by atoms with Crippen LogP contribution in [0.5, 0.6) is 0 Å². The normalized spacial score (nSPS) is 66.0. The molecule has 1 radical (unpaired) electrons. The van der Waals surface area contributed by atoms with E-state index in [0.29, 0.717) is 0 Å². The molecule has 0 N–H and O–H groups in total. The first-order valence-corrected chi connectivity index (χ1v) is 1.82. The maximum Gasteiger partial charge on any atom is -0.0318 e. The summed E-state index contributed by atoms with van der Waals surface area (Å²) in [5.74, 6) is 2.25. The minimum atomic E-state index is 1.12. The lowest BCUT2D eigenvalue weighted by atomic mass is 10.5. The predicted octanol–water partition coefficient (Wildman–Crippen LogP) is 0.840. The fourth-order valence-electron chi connectivity index (χ4n) is 0.450. The Bertz CT molecular complexity index is 36.0. The summed E-state index contributed by atoms with van der Waals surface area (Å²) in [7, 11) is 0. The smallest absolute Gasteiger partial charge is 0.0318 e. The quantitative estimate of drug-likeness (QED) is 0.383. The van der Waals surface area contributed by atoms with Crippen molar-refractivity contribution in [3.63, 3.8) is 0 Å². The summed E-state index contributed by atoms with van der Waals surface area (Å²) in [6.45, 7) is 0. The van der Waals surface area contributed by atoms with Gasteiger partial charge >= 0.3 is 0 Å². The summed E-state index contributed by atoms with van der Waals surface area (Å²) in [6, 6.07) is 0. The molecule has 2 atom stereocenters. The van der Waals surface area contributed by atoms with E-state index < -0.39 is 0 Å². The number of rotatable bonds is 0. The van der Waals surface area contributed by atoms with Crippen LogP contribution in [0.1, 0.15) is 6.42 Å². The molecule has 4 heavy (non-hydrogen) atoms. The van der Waals surface area contributed by atoms with E-state index in [4.69, 9.17) is 0 Å². The van der Waals surface area contributed by atoms with Crippen molar-refractivity contribution in [2.45, 2.75) is 6.42 Å². The Kier molecular flexibility index (Phi) is 0.0675. The molecule has 0 heteroatoms. The molecule has 2 aliphatic carbocycles. The maximum atomic E-state index is 2.39. The SMILES string of the molecule is [CH]1C2CC12. The first-order valence-electron chi connectivity index (χ1n) is 1.82. The van der Waals surface area contributed by atoms with Crippen molar-refractivity contribution in [2.75, 3.05) is 0 Å². The second-order valence-electron chi connectivity index (χ2n) is 1.76. The molecule has 0 nitrogen and oxygen atoms in total.